The van der Waals surface area contributed by atoms with Gasteiger partial charge in [0.15, 0.2) is 0 Å². The van der Waals surface area contributed by atoms with Crippen LogP contribution in [0.2, 0.25) is 0 Å². The first-order valence-corrected chi connectivity index (χ1v) is 6.70. The van der Waals surface area contributed by atoms with Crippen LogP contribution in [0.25, 0.3) is 0 Å². The molecule has 1 heterocycles. The molecule has 15 heavy (non-hydrogen) atoms. The third kappa shape index (κ3) is 4.12. The minimum Gasteiger partial charge on any atom is -0.319 e. The Morgan fingerprint density at radius 2 is 1.93 bits per heavy atom. The molecule has 0 radical (unpaired) electrons. The van der Waals surface area contributed by atoms with Gasteiger partial charge in [0.25, 0.3) is 0 Å². The largest absolute Gasteiger partial charge is 0.319 e. The van der Waals surface area contributed by atoms with E-state index < -0.39 is 0 Å². The van der Waals surface area contributed by atoms with Crippen LogP contribution in [0.5, 0.6) is 0 Å². The van der Waals surface area contributed by atoms with Crippen molar-refractivity contribution < 1.29 is 0 Å². The van der Waals surface area contributed by atoms with Gasteiger partial charge in [-0.1, -0.05) is 20.3 Å². The minimum absolute atomic E-state index is 0.852. The molecule has 1 unspecified atom stereocenters. The van der Waals surface area contributed by atoms with Crippen molar-refractivity contribution in [2.75, 3.05) is 26.7 Å². The monoisotopic (exact) mass is 212 g/mol. The maximum atomic E-state index is 3.30. The van der Waals surface area contributed by atoms with E-state index in [-0.39, 0.29) is 0 Å². The summed E-state index contributed by atoms with van der Waals surface area (Å²) >= 11 is 0. The molecule has 0 saturated carbocycles. The van der Waals surface area contributed by atoms with Crippen molar-refractivity contribution in [1.82, 2.24) is 10.2 Å². The van der Waals surface area contributed by atoms with Gasteiger partial charge in [-0.2, -0.15) is 0 Å². The zero-order chi connectivity index (χ0) is 11.1. The molecule has 0 amide bonds. The van der Waals surface area contributed by atoms with Gasteiger partial charge >= 0.3 is 0 Å². The maximum Gasteiger partial charge on any atom is 0.00925 e. The lowest BCUT2D eigenvalue weighted by molar-refractivity contribution is 0.122. The highest BCUT2D eigenvalue weighted by Crippen LogP contribution is 2.21. The van der Waals surface area contributed by atoms with Gasteiger partial charge in [0.1, 0.15) is 0 Å². The number of likely N-dealkylation sites (tertiary alicyclic amines) is 1. The standard InChI is InChI=1S/C13H28N2/c1-4-6-13(5-2)15-9-7-12(8-10-15)11-14-3/h12-14H,4-11H2,1-3H3. The van der Waals surface area contributed by atoms with Crippen LogP contribution in [0.1, 0.15) is 46.0 Å². The normalized spacial score (nSPS) is 21.8. The van der Waals surface area contributed by atoms with E-state index in [2.05, 4.69) is 31.1 Å². The van der Waals surface area contributed by atoms with E-state index in [1.54, 1.807) is 0 Å². The van der Waals surface area contributed by atoms with Gasteiger partial charge < -0.3 is 10.2 Å². The second kappa shape index (κ2) is 7.24. The van der Waals surface area contributed by atoms with Crippen molar-refractivity contribution in [1.29, 1.82) is 0 Å². The molecule has 0 aromatic carbocycles. The highest BCUT2D eigenvalue weighted by Gasteiger charge is 2.22. The van der Waals surface area contributed by atoms with Crippen molar-refractivity contribution >= 4 is 0 Å². The fourth-order valence-corrected chi connectivity index (χ4v) is 2.79. The van der Waals surface area contributed by atoms with Crippen LogP contribution in [-0.4, -0.2) is 37.6 Å². The zero-order valence-corrected chi connectivity index (χ0v) is 10.8. The third-order valence-corrected chi connectivity index (χ3v) is 3.75. The summed E-state index contributed by atoms with van der Waals surface area (Å²) in [7, 11) is 2.07. The number of hydrogen-bond donors (Lipinski definition) is 1. The molecule has 1 aliphatic heterocycles. The van der Waals surface area contributed by atoms with Crippen molar-refractivity contribution in [3.63, 3.8) is 0 Å². The van der Waals surface area contributed by atoms with Crippen molar-refractivity contribution in [2.45, 2.75) is 52.0 Å². The van der Waals surface area contributed by atoms with E-state index in [9.17, 15) is 0 Å². The fraction of sp³-hybridized carbons (Fsp3) is 1.00. The predicted octanol–water partition coefficient (Wildman–Crippen LogP) is 2.50. The van der Waals surface area contributed by atoms with E-state index in [0.29, 0.717) is 0 Å². The summed E-state index contributed by atoms with van der Waals surface area (Å²) in [6.45, 7) is 8.49. The summed E-state index contributed by atoms with van der Waals surface area (Å²) in [5, 5.41) is 3.30. The Bertz CT molecular complexity index is 151. The summed E-state index contributed by atoms with van der Waals surface area (Å²) in [6.07, 6.45) is 6.81. The molecule has 1 atom stereocenters. The number of piperidine rings is 1. The number of rotatable bonds is 6. The molecule has 0 aliphatic carbocycles. The van der Waals surface area contributed by atoms with Crippen LogP contribution in [0.4, 0.5) is 0 Å². The smallest absolute Gasteiger partial charge is 0.00925 e. The second-order valence-corrected chi connectivity index (χ2v) is 4.89. The Hall–Kier alpha value is -0.0800. The summed E-state index contributed by atoms with van der Waals surface area (Å²) in [5.74, 6) is 0.922. The average molecular weight is 212 g/mol. The Kier molecular flexibility index (Phi) is 6.26. The lowest BCUT2D eigenvalue weighted by Gasteiger charge is -2.37. The molecule has 0 aromatic rings. The zero-order valence-electron chi connectivity index (χ0n) is 10.8. The summed E-state index contributed by atoms with van der Waals surface area (Å²) < 4.78 is 0. The van der Waals surface area contributed by atoms with E-state index in [1.807, 2.05) is 0 Å². The van der Waals surface area contributed by atoms with E-state index in [0.717, 1.165) is 12.0 Å². The molecular formula is C13H28N2. The molecule has 0 bridgehead atoms. The van der Waals surface area contributed by atoms with Gasteiger partial charge in [0, 0.05) is 6.04 Å². The van der Waals surface area contributed by atoms with E-state index in [4.69, 9.17) is 0 Å². The number of hydrogen-bond acceptors (Lipinski definition) is 2. The van der Waals surface area contributed by atoms with Gasteiger partial charge in [-0.15, -0.1) is 0 Å². The van der Waals surface area contributed by atoms with Crippen LogP contribution in [-0.2, 0) is 0 Å². The molecule has 2 heteroatoms. The van der Waals surface area contributed by atoms with Crippen molar-refractivity contribution in [3.8, 4) is 0 Å². The lowest BCUT2D eigenvalue weighted by Crippen LogP contribution is -2.42. The first kappa shape index (κ1) is 13.0. The average Bonchev–Trinajstić information content (AvgIpc) is 2.28. The SMILES string of the molecule is CCCC(CC)N1CCC(CNC)CC1. The van der Waals surface area contributed by atoms with Crippen molar-refractivity contribution in [3.05, 3.63) is 0 Å². The van der Waals surface area contributed by atoms with E-state index >= 15 is 0 Å². The highest BCUT2D eigenvalue weighted by molar-refractivity contribution is 4.78. The molecule has 1 aliphatic rings. The highest BCUT2D eigenvalue weighted by atomic mass is 15.2. The molecule has 90 valence electrons. The predicted molar refractivity (Wildman–Crippen MR) is 67.2 cm³/mol. The topological polar surface area (TPSA) is 15.3 Å². The quantitative estimate of drug-likeness (QED) is 0.728. The molecule has 1 rings (SSSR count). The van der Waals surface area contributed by atoms with Gasteiger partial charge in [0.2, 0.25) is 0 Å². The fourth-order valence-electron chi connectivity index (χ4n) is 2.79. The maximum absolute atomic E-state index is 3.30. The van der Waals surface area contributed by atoms with Gasteiger partial charge in [-0.3, -0.25) is 0 Å². The third-order valence-electron chi connectivity index (χ3n) is 3.75. The summed E-state index contributed by atoms with van der Waals surface area (Å²) in [6, 6.07) is 0.852. The Morgan fingerprint density at radius 3 is 2.40 bits per heavy atom. The molecule has 1 N–H and O–H groups in total. The summed E-state index contributed by atoms with van der Waals surface area (Å²) in [5.41, 5.74) is 0. The van der Waals surface area contributed by atoms with Crippen LogP contribution in [0.15, 0.2) is 0 Å². The molecule has 0 spiro atoms. The molecule has 1 saturated heterocycles. The molecular weight excluding hydrogens is 184 g/mol. The van der Waals surface area contributed by atoms with E-state index in [1.165, 1.54) is 51.7 Å². The van der Waals surface area contributed by atoms with Crippen LogP contribution in [0, 0.1) is 5.92 Å². The van der Waals surface area contributed by atoms with Gasteiger partial charge in [0.05, 0.1) is 0 Å². The van der Waals surface area contributed by atoms with Gasteiger partial charge in [-0.25, -0.2) is 0 Å². The molecule has 2 nitrogen and oxygen atoms in total. The van der Waals surface area contributed by atoms with Crippen LogP contribution < -0.4 is 5.32 Å². The molecule has 0 aromatic heterocycles. The lowest BCUT2D eigenvalue weighted by atomic mass is 9.94. The summed E-state index contributed by atoms with van der Waals surface area (Å²) in [4.78, 5) is 2.72. The first-order chi connectivity index (χ1) is 7.31. The number of nitrogens with zero attached hydrogens (tertiary/aromatic N) is 1. The Morgan fingerprint density at radius 1 is 1.27 bits per heavy atom. The molecule has 1 fully saturated rings. The number of nitrogens with one attached hydrogen (secondary N) is 1. The van der Waals surface area contributed by atoms with Crippen molar-refractivity contribution in [2.24, 2.45) is 5.92 Å². The first-order valence-electron chi connectivity index (χ1n) is 6.70. The van der Waals surface area contributed by atoms with Gasteiger partial charge in [-0.05, 0) is 58.3 Å². The Labute approximate surface area is 95.4 Å². The minimum atomic E-state index is 0.852. The van der Waals surface area contributed by atoms with Crippen LogP contribution >= 0.6 is 0 Å². The van der Waals surface area contributed by atoms with Crippen LogP contribution in [0.3, 0.4) is 0 Å². The second-order valence-electron chi connectivity index (χ2n) is 4.89. The Balaban J connectivity index is 2.28.